The highest BCUT2D eigenvalue weighted by molar-refractivity contribution is 5.81. The first kappa shape index (κ1) is 13.5. The molecule has 16 heavy (non-hydrogen) atoms. The highest BCUT2D eigenvalue weighted by Gasteiger charge is 2.29. The average molecular weight is 227 g/mol. The van der Waals surface area contributed by atoms with Crippen LogP contribution in [0.5, 0.6) is 0 Å². The van der Waals surface area contributed by atoms with Crippen molar-refractivity contribution in [1.82, 2.24) is 5.32 Å². The lowest BCUT2D eigenvalue weighted by Crippen LogP contribution is -2.48. The van der Waals surface area contributed by atoms with E-state index in [1.54, 1.807) is 0 Å². The van der Waals surface area contributed by atoms with E-state index in [-0.39, 0.29) is 23.5 Å². The maximum atomic E-state index is 12.0. The molecule has 1 unspecified atom stereocenters. The average Bonchev–Trinajstić information content (AvgIpc) is 2.83. The van der Waals surface area contributed by atoms with Gasteiger partial charge in [0.2, 0.25) is 5.91 Å². The molecule has 1 rings (SSSR count). The van der Waals surface area contributed by atoms with Gasteiger partial charge in [-0.1, -0.05) is 13.8 Å². The fraction of sp³-hybridized carbons (Fsp3) is 0.923. The summed E-state index contributed by atoms with van der Waals surface area (Å²) in [6, 6.07) is 0. The Morgan fingerprint density at radius 2 is 1.94 bits per heavy atom. The number of rotatable bonds is 5. The third-order valence-corrected chi connectivity index (χ3v) is 2.57. The Labute approximate surface area is 98.9 Å². The van der Waals surface area contributed by atoms with Gasteiger partial charge in [0.15, 0.2) is 0 Å². The van der Waals surface area contributed by atoms with Crippen molar-refractivity contribution in [3.8, 4) is 0 Å². The summed E-state index contributed by atoms with van der Waals surface area (Å²) in [7, 11) is 0. The van der Waals surface area contributed by atoms with E-state index in [4.69, 9.17) is 4.74 Å². The van der Waals surface area contributed by atoms with Crippen LogP contribution in [0.15, 0.2) is 0 Å². The molecule has 0 aromatic carbocycles. The van der Waals surface area contributed by atoms with Crippen LogP contribution >= 0.6 is 0 Å². The van der Waals surface area contributed by atoms with Crippen LogP contribution in [0.2, 0.25) is 0 Å². The molecule has 0 radical (unpaired) electrons. The summed E-state index contributed by atoms with van der Waals surface area (Å²) >= 11 is 0. The van der Waals surface area contributed by atoms with E-state index in [2.05, 4.69) is 5.32 Å². The maximum Gasteiger partial charge on any atom is 0.249 e. The standard InChI is InChI=1S/C13H25NO2/c1-9(2)11(16-8-10-6-7-10)12(15)14-13(3,4)5/h9-11H,6-8H2,1-5H3,(H,14,15). The number of ether oxygens (including phenoxy) is 1. The molecule has 1 aliphatic carbocycles. The Balaban J connectivity index is 2.43. The van der Waals surface area contributed by atoms with Crippen LogP contribution in [-0.2, 0) is 9.53 Å². The van der Waals surface area contributed by atoms with Crippen molar-refractivity contribution in [2.24, 2.45) is 11.8 Å². The lowest BCUT2D eigenvalue weighted by molar-refractivity contribution is -0.137. The maximum absolute atomic E-state index is 12.0. The molecule has 0 saturated heterocycles. The fourth-order valence-corrected chi connectivity index (χ4v) is 1.54. The van der Waals surface area contributed by atoms with E-state index >= 15 is 0 Å². The molecular weight excluding hydrogens is 202 g/mol. The summed E-state index contributed by atoms with van der Waals surface area (Å²) in [6.45, 7) is 10.8. The zero-order valence-corrected chi connectivity index (χ0v) is 11.2. The summed E-state index contributed by atoms with van der Waals surface area (Å²) in [5.74, 6) is 0.938. The normalized spacial score (nSPS) is 18.6. The van der Waals surface area contributed by atoms with Crippen molar-refractivity contribution >= 4 is 5.91 Å². The Bertz CT molecular complexity index is 239. The van der Waals surface area contributed by atoms with Crippen molar-refractivity contribution in [2.45, 2.75) is 59.1 Å². The smallest absolute Gasteiger partial charge is 0.249 e. The number of hydrogen-bond acceptors (Lipinski definition) is 2. The van der Waals surface area contributed by atoms with E-state index in [0.29, 0.717) is 5.92 Å². The second kappa shape index (κ2) is 5.17. The summed E-state index contributed by atoms with van der Waals surface area (Å²) in [4.78, 5) is 12.0. The molecule has 0 heterocycles. The van der Waals surface area contributed by atoms with Crippen LogP contribution < -0.4 is 5.32 Å². The molecule has 1 atom stereocenters. The predicted octanol–water partition coefficient (Wildman–Crippen LogP) is 2.35. The first-order chi connectivity index (χ1) is 7.29. The SMILES string of the molecule is CC(C)C(OCC1CC1)C(=O)NC(C)(C)C. The van der Waals surface area contributed by atoms with E-state index in [0.717, 1.165) is 6.61 Å². The molecule has 1 amide bonds. The molecule has 1 fully saturated rings. The monoisotopic (exact) mass is 227 g/mol. The number of hydrogen-bond donors (Lipinski definition) is 1. The van der Waals surface area contributed by atoms with Crippen LogP contribution in [0.1, 0.15) is 47.5 Å². The van der Waals surface area contributed by atoms with Gasteiger partial charge in [0.05, 0.1) is 6.61 Å². The minimum atomic E-state index is -0.306. The summed E-state index contributed by atoms with van der Waals surface area (Å²) < 4.78 is 5.72. The van der Waals surface area contributed by atoms with Crippen LogP contribution in [0.25, 0.3) is 0 Å². The molecule has 1 N–H and O–H groups in total. The lowest BCUT2D eigenvalue weighted by atomic mass is 10.0. The topological polar surface area (TPSA) is 38.3 Å². The van der Waals surface area contributed by atoms with Gasteiger partial charge in [0, 0.05) is 5.54 Å². The third-order valence-electron chi connectivity index (χ3n) is 2.57. The Morgan fingerprint density at radius 3 is 2.31 bits per heavy atom. The summed E-state index contributed by atoms with van der Waals surface area (Å²) in [6.07, 6.45) is 2.21. The van der Waals surface area contributed by atoms with Crippen LogP contribution in [0.3, 0.4) is 0 Å². The second-order valence-corrected chi connectivity index (χ2v) is 6.18. The van der Waals surface area contributed by atoms with E-state index < -0.39 is 0 Å². The Morgan fingerprint density at radius 1 is 1.38 bits per heavy atom. The molecule has 0 spiro atoms. The molecule has 1 aliphatic rings. The van der Waals surface area contributed by atoms with Gasteiger partial charge in [-0.05, 0) is 45.4 Å². The number of carbonyl (C=O) groups is 1. The van der Waals surface area contributed by atoms with Crippen LogP contribution in [0, 0.1) is 11.8 Å². The molecule has 0 aromatic rings. The molecule has 1 saturated carbocycles. The van der Waals surface area contributed by atoms with Gasteiger partial charge in [0.1, 0.15) is 6.10 Å². The van der Waals surface area contributed by atoms with Gasteiger partial charge in [-0.3, -0.25) is 4.79 Å². The first-order valence-electron chi connectivity index (χ1n) is 6.23. The van der Waals surface area contributed by atoms with Gasteiger partial charge < -0.3 is 10.1 Å². The van der Waals surface area contributed by atoms with Crippen molar-refractivity contribution < 1.29 is 9.53 Å². The van der Waals surface area contributed by atoms with Crippen molar-refractivity contribution in [2.75, 3.05) is 6.61 Å². The third kappa shape index (κ3) is 4.97. The van der Waals surface area contributed by atoms with Gasteiger partial charge in [0.25, 0.3) is 0 Å². The first-order valence-corrected chi connectivity index (χ1v) is 6.23. The zero-order valence-electron chi connectivity index (χ0n) is 11.2. The number of amides is 1. The Hall–Kier alpha value is -0.570. The molecule has 0 bridgehead atoms. The van der Waals surface area contributed by atoms with Crippen LogP contribution in [-0.4, -0.2) is 24.2 Å². The molecule has 94 valence electrons. The van der Waals surface area contributed by atoms with Gasteiger partial charge >= 0.3 is 0 Å². The highest BCUT2D eigenvalue weighted by atomic mass is 16.5. The number of carbonyl (C=O) groups excluding carboxylic acids is 1. The van der Waals surface area contributed by atoms with Crippen molar-refractivity contribution in [1.29, 1.82) is 0 Å². The highest BCUT2D eigenvalue weighted by Crippen LogP contribution is 2.29. The van der Waals surface area contributed by atoms with E-state index in [1.807, 2.05) is 34.6 Å². The van der Waals surface area contributed by atoms with E-state index in [1.165, 1.54) is 12.8 Å². The molecule has 0 aliphatic heterocycles. The zero-order chi connectivity index (χ0) is 12.3. The van der Waals surface area contributed by atoms with E-state index in [9.17, 15) is 4.79 Å². The lowest BCUT2D eigenvalue weighted by Gasteiger charge is -2.27. The van der Waals surface area contributed by atoms with Gasteiger partial charge in [-0.2, -0.15) is 0 Å². The van der Waals surface area contributed by atoms with Gasteiger partial charge in [-0.25, -0.2) is 0 Å². The number of nitrogens with one attached hydrogen (secondary N) is 1. The fourth-order valence-electron chi connectivity index (χ4n) is 1.54. The molecule has 3 heteroatoms. The molecule has 3 nitrogen and oxygen atoms in total. The Kier molecular flexibility index (Phi) is 4.36. The minimum absolute atomic E-state index is 0.0168. The summed E-state index contributed by atoms with van der Waals surface area (Å²) in [5, 5.41) is 2.98. The molecule has 0 aromatic heterocycles. The van der Waals surface area contributed by atoms with Crippen molar-refractivity contribution in [3.63, 3.8) is 0 Å². The molecular formula is C13H25NO2. The quantitative estimate of drug-likeness (QED) is 0.783. The van der Waals surface area contributed by atoms with Gasteiger partial charge in [-0.15, -0.1) is 0 Å². The summed E-state index contributed by atoms with van der Waals surface area (Å²) in [5.41, 5.74) is -0.187. The predicted molar refractivity (Wildman–Crippen MR) is 65.2 cm³/mol. The minimum Gasteiger partial charge on any atom is -0.368 e. The van der Waals surface area contributed by atoms with Crippen LogP contribution in [0.4, 0.5) is 0 Å². The van der Waals surface area contributed by atoms with Crippen molar-refractivity contribution in [3.05, 3.63) is 0 Å². The second-order valence-electron chi connectivity index (χ2n) is 6.18. The largest absolute Gasteiger partial charge is 0.368 e.